The van der Waals surface area contributed by atoms with Crippen LogP contribution in [-0.4, -0.2) is 51.8 Å². The number of aryl methyl sites for hydroxylation is 2. The molecular weight excluding hydrogens is 398 g/mol. The van der Waals surface area contributed by atoms with Gasteiger partial charge in [-0.2, -0.15) is 5.10 Å². The van der Waals surface area contributed by atoms with E-state index in [9.17, 15) is 14.4 Å². The average molecular weight is 428 g/mol. The first-order valence-corrected chi connectivity index (χ1v) is 10.4. The molecule has 1 aromatic carbocycles. The van der Waals surface area contributed by atoms with E-state index in [0.717, 1.165) is 11.4 Å². The summed E-state index contributed by atoms with van der Waals surface area (Å²) in [6.45, 7) is 6.12. The molecule has 1 atom stereocenters. The summed E-state index contributed by atoms with van der Waals surface area (Å²) in [6, 6.07) is 9.05. The van der Waals surface area contributed by atoms with Crippen LogP contribution in [0.4, 0.5) is 16.2 Å². The van der Waals surface area contributed by atoms with Crippen LogP contribution >= 0.6 is 0 Å². The number of rotatable bonds is 5. The Morgan fingerprint density at radius 2 is 1.74 bits per heavy atom. The molecule has 2 heterocycles. The van der Waals surface area contributed by atoms with Crippen LogP contribution in [0.3, 0.4) is 0 Å². The summed E-state index contributed by atoms with van der Waals surface area (Å²) in [6.07, 6.45) is 0.0674. The van der Waals surface area contributed by atoms with Crippen molar-refractivity contribution in [3.63, 3.8) is 0 Å². The third-order valence-corrected chi connectivity index (χ3v) is 5.56. The van der Waals surface area contributed by atoms with E-state index >= 15 is 0 Å². The van der Waals surface area contributed by atoms with Crippen molar-refractivity contribution in [2.45, 2.75) is 39.7 Å². The van der Waals surface area contributed by atoms with E-state index in [1.54, 1.807) is 30.5 Å². The number of anilines is 2. The van der Waals surface area contributed by atoms with Crippen molar-refractivity contribution in [3.05, 3.63) is 41.7 Å². The number of carbonyl (C=O) groups excluding carboxylic acids is 3. The fraction of sp³-hybridized carbons (Fsp3) is 0.455. The maximum Gasteiger partial charge on any atom is 0.321 e. The lowest BCUT2D eigenvalue weighted by molar-refractivity contribution is -0.158. The number of amides is 3. The SMILES string of the molecule is Cc1nn(C)c(C)c1NC(=O)[C@@H](C)OC(=O)C1CCN(C(=O)Nc2ccccc2)CC1. The molecule has 1 aliphatic rings. The van der Waals surface area contributed by atoms with Gasteiger partial charge in [-0.05, 0) is 45.7 Å². The van der Waals surface area contributed by atoms with E-state index in [-0.39, 0.29) is 11.9 Å². The van der Waals surface area contributed by atoms with Gasteiger partial charge in [-0.15, -0.1) is 0 Å². The summed E-state index contributed by atoms with van der Waals surface area (Å²) in [5.41, 5.74) is 2.89. The Labute approximate surface area is 181 Å². The molecule has 9 heteroatoms. The van der Waals surface area contributed by atoms with Crippen LogP contribution in [0.1, 0.15) is 31.2 Å². The third kappa shape index (κ3) is 5.42. The van der Waals surface area contributed by atoms with E-state index in [2.05, 4.69) is 15.7 Å². The maximum atomic E-state index is 12.5. The fourth-order valence-electron chi connectivity index (χ4n) is 3.55. The van der Waals surface area contributed by atoms with Gasteiger partial charge in [0.2, 0.25) is 0 Å². The molecule has 0 aliphatic carbocycles. The minimum absolute atomic E-state index is 0.187. The van der Waals surface area contributed by atoms with Gasteiger partial charge in [0.15, 0.2) is 6.10 Å². The molecule has 31 heavy (non-hydrogen) atoms. The van der Waals surface area contributed by atoms with E-state index in [1.807, 2.05) is 37.3 Å². The molecule has 9 nitrogen and oxygen atoms in total. The fourth-order valence-corrected chi connectivity index (χ4v) is 3.55. The zero-order valence-electron chi connectivity index (χ0n) is 18.3. The van der Waals surface area contributed by atoms with Gasteiger partial charge in [-0.3, -0.25) is 14.3 Å². The highest BCUT2D eigenvalue weighted by Gasteiger charge is 2.30. The second-order valence-corrected chi connectivity index (χ2v) is 7.80. The van der Waals surface area contributed by atoms with Crippen LogP contribution in [0, 0.1) is 19.8 Å². The van der Waals surface area contributed by atoms with Crippen molar-refractivity contribution in [2.75, 3.05) is 23.7 Å². The Balaban J connectivity index is 1.47. The summed E-state index contributed by atoms with van der Waals surface area (Å²) in [5.74, 6) is -1.14. The molecule has 1 saturated heterocycles. The molecule has 2 aromatic rings. The zero-order valence-corrected chi connectivity index (χ0v) is 18.3. The highest BCUT2D eigenvalue weighted by molar-refractivity contribution is 5.96. The van der Waals surface area contributed by atoms with Crippen molar-refractivity contribution in [1.29, 1.82) is 0 Å². The van der Waals surface area contributed by atoms with E-state index in [1.165, 1.54) is 0 Å². The standard InChI is InChI=1S/C22H29N5O4/c1-14-19(15(2)26(4)25-14)24-20(28)16(3)31-21(29)17-10-12-27(13-11-17)22(30)23-18-8-6-5-7-9-18/h5-9,16-17H,10-13H2,1-4H3,(H,23,30)(H,24,28)/t16-/m1/s1. The minimum atomic E-state index is -0.925. The molecule has 0 saturated carbocycles. The van der Waals surface area contributed by atoms with Gasteiger partial charge in [0.25, 0.3) is 5.91 Å². The number of likely N-dealkylation sites (tertiary alicyclic amines) is 1. The zero-order chi connectivity index (χ0) is 22.5. The number of hydrogen-bond acceptors (Lipinski definition) is 5. The lowest BCUT2D eigenvalue weighted by atomic mass is 9.97. The van der Waals surface area contributed by atoms with Crippen LogP contribution in [0.15, 0.2) is 30.3 Å². The maximum absolute atomic E-state index is 12.5. The first-order chi connectivity index (χ1) is 14.8. The first-order valence-electron chi connectivity index (χ1n) is 10.4. The van der Waals surface area contributed by atoms with E-state index in [0.29, 0.717) is 37.3 Å². The summed E-state index contributed by atoms with van der Waals surface area (Å²) in [7, 11) is 1.80. The Morgan fingerprint density at radius 1 is 1.10 bits per heavy atom. The molecular formula is C22H29N5O4. The number of ether oxygens (including phenoxy) is 1. The summed E-state index contributed by atoms with van der Waals surface area (Å²) in [4.78, 5) is 39.1. The van der Waals surface area contributed by atoms with Gasteiger partial charge in [0.1, 0.15) is 0 Å². The number of nitrogens with one attached hydrogen (secondary N) is 2. The minimum Gasteiger partial charge on any atom is -0.452 e. The molecule has 1 fully saturated rings. The smallest absolute Gasteiger partial charge is 0.321 e. The van der Waals surface area contributed by atoms with Crippen LogP contribution in [-0.2, 0) is 21.4 Å². The lowest BCUT2D eigenvalue weighted by Gasteiger charge is -2.31. The monoisotopic (exact) mass is 427 g/mol. The Bertz CT molecular complexity index is 948. The van der Waals surface area contributed by atoms with Crippen LogP contribution in [0.25, 0.3) is 0 Å². The largest absolute Gasteiger partial charge is 0.452 e. The summed E-state index contributed by atoms with van der Waals surface area (Å²) >= 11 is 0. The molecule has 0 bridgehead atoms. The highest BCUT2D eigenvalue weighted by atomic mass is 16.5. The molecule has 0 spiro atoms. The normalized spacial score (nSPS) is 15.3. The molecule has 3 rings (SSSR count). The second kappa shape index (κ2) is 9.63. The van der Waals surface area contributed by atoms with Crippen molar-refractivity contribution in [3.8, 4) is 0 Å². The number of esters is 1. The van der Waals surface area contributed by atoms with Gasteiger partial charge in [-0.1, -0.05) is 18.2 Å². The predicted octanol–water partition coefficient (Wildman–Crippen LogP) is 2.85. The number of aromatic nitrogens is 2. The Hall–Kier alpha value is -3.36. The van der Waals surface area contributed by atoms with Crippen molar-refractivity contribution in [1.82, 2.24) is 14.7 Å². The molecule has 166 valence electrons. The van der Waals surface area contributed by atoms with Gasteiger partial charge >= 0.3 is 12.0 Å². The summed E-state index contributed by atoms with van der Waals surface area (Å²) < 4.78 is 7.09. The average Bonchev–Trinajstić information content (AvgIpc) is 3.00. The van der Waals surface area contributed by atoms with Crippen molar-refractivity contribution in [2.24, 2.45) is 13.0 Å². The van der Waals surface area contributed by atoms with Crippen molar-refractivity contribution >= 4 is 29.3 Å². The number of carbonyl (C=O) groups is 3. The Kier molecular flexibility index (Phi) is 6.94. The topological polar surface area (TPSA) is 106 Å². The van der Waals surface area contributed by atoms with Crippen LogP contribution < -0.4 is 10.6 Å². The van der Waals surface area contributed by atoms with Gasteiger partial charge < -0.3 is 20.3 Å². The molecule has 3 amide bonds. The molecule has 0 radical (unpaired) electrons. The van der Waals surface area contributed by atoms with E-state index < -0.39 is 18.0 Å². The highest BCUT2D eigenvalue weighted by Crippen LogP contribution is 2.22. The number of para-hydroxylation sites is 1. The molecule has 2 N–H and O–H groups in total. The number of hydrogen-bond donors (Lipinski definition) is 2. The number of piperidine rings is 1. The van der Waals surface area contributed by atoms with Crippen LogP contribution in [0.5, 0.6) is 0 Å². The third-order valence-electron chi connectivity index (χ3n) is 5.56. The summed E-state index contributed by atoms with van der Waals surface area (Å²) in [5, 5.41) is 9.90. The molecule has 1 aliphatic heterocycles. The molecule has 1 aromatic heterocycles. The second-order valence-electron chi connectivity index (χ2n) is 7.80. The Morgan fingerprint density at radius 3 is 2.32 bits per heavy atom. The number of benzene rings is 1. The first kappa shape index (κ1) is 22.3. The predicted molar refractivity (Wildman–Crippen MR) is 117 cm³/mol. The van der Waals surface area contributed by atoms with Crippen LogP contribution in [0.2, 0.25) is 0 Å². The number of urea groups is 1. The van der Waals surface area contributed by atoms with Gasteiger partial charge in [0, 0.05) is 25.8 Å². The van der Waals surface area contributed by atoms with E-state index in [4.69, 9.17) is 4.74 Å². The van der Waals surface area contributed by atoms with Crippen molar-refractivity contribution < 1.29 is 19.1 Å². The number of nitrogens with zero attached hydrogens (tertiary/aromatic N) is 3. The quantitative estimate of drug-likeness (QED) is 0.714. The van der Waals surface area contributed by atoms with Gasteiger partial charge in [-0.25, -0.2) is 4.79 Å². The van der Waals surface area contributed by atoms with Gasteiger partial charge in [0.05, 0.1) is 23.0 Å². The molecule has 0 unspecified atom stereocenters. The lowest BCUT2D eigenvalue weighted by Crippen LogP contribution is -2.43.